The first-order valence-corrected chi connectivity index (χ1v) is 6.32. The van der Waals surface area contributed by atoms with Crippen LogP contribution in [0.5, 0.6) is 5.75 Å². The van der Waals surface area contributed by atoms with Crippen LogP contribution in [0.1, 0.15) is 12.0 Å². The van der Waals surface area contributed by atoms with Crippen LogP contribution in [0, 0.1) is 6.92 Å². The standard InChI is InChI=1S/C15H18N2O2/c1-12-6-4-9-17(15(12)18)10-5-11-19-14-8-3-2-7-13(14)16/h2-4,6-9H,5,10-11,16H2,1H3. The largest absolute Gasteiger partial charge is 0.491 e. The van der Waals surface area contributed by atoms with Crippen LogP contribution in [0.3, 0.4) is 0 Å². The van der Waals surface area contributed by atoms with Crippen molar-refractivity contribution in [3.63, 3.8) is 0 Å². The molecule has 0 aliphatic rings. The SMILES string of the molecule is Cc1cccn(CCCOc2ccccc2N)c1=O. The van der Waals surface area contributed by atoms with Crippen LogP contribution in [0.2, 0.25) is 0 Å². The molecule has 1 aromatic carbocycles. The van der Waals surface area contributed by atoms with Gasteiger partial charge in [-0.25, -0.2) is 0 Å². The maximum Gasteiger partial charge on any atom is 0.253 e. The number of aryl methyl sites for hydroxylation is 2. The summed E-state index contributed by atoms with van der Waals surface area (Å²) in [5, 5.41) is 0. The van der Waals surface area contributed by atoms with Gasteiger partial charge in [-0.1, -0.05) is 18.2 Å². The van der Waals surface area contributed by atoms with E-state index in [1.807, 2.05) is 37.3 Å². The first-order chi connectivity index (χ1) is 9.18. The van der Waals surface area contributed by atoms with E-state index >= 15 is 0 Å². The Labute approximate surface area is 112 Å². The molecule has 0 aliphatic carbocycles. The number of aromatic nitrogens is 1. The molecule has 19 heavy (non-hydrogen) atoms. The topological polar surface area (TPSA) is 57.2 Å². The second-order valence-corrected chi connectivity index (χ2v) is 4.43. The Morgan fingerprint density at radius 1 is 1.21 bits per heavy atom. The third-order valence-corrected chi connectivity index (χ3v) is 2.93. The number of nitrogens with zero attached hydrogens (tertiary/aromatic N) is 1. The summed E-state index contributed by atoms with van der Waals surface area (Å²) in [5.74, 6) is 0.694. The monoisotopic (exact) mass is 258 g/mol. The normalized spacial score (nSPS) is 10.4. The number of anilines is 1. The molecule has 0 saturated heterocycles. The fraction of sp³-hybridized carbons (Fsp3) is 0.267. The van der Waals surface area contributed by atoms with Gasteiger partial charge in [-0.15, -0.1) is 0 Å². The molecule has 0 radical (unpaired) electrons. The number of nitrogen functional groups attached to an aromatic ring is 1. The number of hydrogen-bond acceptors (Lipinski definition) is 3. The molecular formula is C15H18N2O2. The Hall–Kier alpha value is -2.23. The molecule has 0 amide bonds. The zero-order chi connectivity index (χ0) is 13.7. The van der Waals surface area contributed by atoms with E-state index in [2.05, 4.69) is 0 Å². The van der Waals surface area contributed by atoms with Crippen LogP contribution in [0.4, 0.5) is 5.69 Å². The number of pyridine rings is 1. The summed E-state index contributed by atoms with van der Waals surface area (Å²) in [4.78, 5) is 11.8. The molecule has 4 heteroatoms. The van der Waals surface area contributed by atoms with Crippen LogP contribution in [0.25, 0.3) is 0 Å². The van der Waals surface area contributed by atoms with Gasteiger partial charge in [-0.05, 0) is 31.5 Å². The second-order valence-electron chi connectivity index (χ2n) is 4.43. The van der Waals surface area contributed by atoms with Gasteiger partial charge in [0.15, 0.2) is 0 Å². The summed E-state index contributed by atoms with van der Waals surface area (Å²) in [6, 6.07) is 11.1. The summed E-state index contributed by atoms with van der Waals surface area (Å²) in [6.45, 7) is 3.00. The van der Waals surface area contributed by atoms with Crippen LogP contribution in [0.15, 0.2) is 47.4 Å². The fourth-order valence-corrected chi connectivity index (χ4v) is 1.86. The highest BCUT2D eigenvalue weighted by Gasteiger charge is 2.00. The highest BCUT2D eigenvalue weighted by atomic mass is 16.5. The highest BCUT2D eigenvalue weighted by Crippen LogP contribution is 2.19. The van der Waals surface area contributed by atoms with E-state index in [1.165, 1.54) is 0 Å². The van der Waals surface area contributed by atoms with Crippen molar-refractivity contribution >= 4 is 5.69 Å². The van der Waals surface area contributed by atoms with E-state index in [0.29, 0.717) is 24.6 Å². The molecule has 2 rings (SSSR count). The molecule has 0 spiro atoms. The van der Waals surface area contributed by atoms with Crippen LogP contribution in [-0.2, 0) is 6.54 Å². The average Bonchev–Trinajstić information content (AvgIpc) is 2.41. The van der Waals surface area contributed by atoms with Crippen LogP contribution >= 0.6 is 0 Å². The molecule has 2 N–H and O–H groups in total. The Kier molecular flexibility index (Phi) is 4.23. The predicted octanol–water partition coefficient (Wildman–Crippen LogP) is 2.21. The first-order valence-electron chi connectivity index (χ1n) is 6.32. The molecular weight excluding hydrogens is 240 g/mol. The van der Waals surface area contributed by atoms with Gasteiger partial charge in [0, 0.05) is 18.3 Å². The Bertz CT molecular complexity index is 605. The summed E-state index contributed by atoms with van der Waals surface area (Å²) in [6.07, 6.45) is 2.56. The lowest BCUT2D eigenvalue weighted by Crippen LogP contribution is -2.22. The minimum atomic E-state index is 0.0572. The smallest absolute Gasteiger partial charge is 0.253 e. The molecule has 0 saturated carbocycles. The molecule has 0 fully saturated rings. The third-order valence-electron chi connectivity index (χ3n) is 2.93. The van der Waals surface area contributed by atoms with E-state index < -0.39 is 0 Å². The van der Waals surface area contributed by atoms with Crippen LogP contribution in [-0.4, -0.2) is 11.2 Å². The van der Waals surface area contributed by atoms with Crippen molar-refractivity contribution in [2.24, 2.45) is 0 Å². The molecule has 0 unspecified atom stereocenters. The van der Waals surface area contributed by atoms with E-state index in [4.69, 9.17) is 10.5 Å². The van der Waals surface area contributed by atoms with Crippen LogP contribution < -0.4 is 16.0 Å². The number of para-hydroxylation sites is 2. The molecule has 0 aliphatic heterocycles. The zero-order valence-electron chi connectivity index (χ0n) is 11.0. The van der Waals surface area contributed by atoms with Crippen molar-refractivity contribution in [3.8, 4) is 5.75 Å². The van der Waals surface area contributed by atoms with Crippen molar-refractivity contribution in [2.45, 2.75) is 19.9 Å². The minimum absolute atomic E-state index is 0.0572. The Balaban J connectivity index is 1.86. The van der Waals surface area contributed by atoms with E-state index in [9.17, 15) is 4.79 Å². The van der Waals surface area contributed by atoms with Crippen molar-refractivity contribution < 1.29 is 4.74 Å². The van der Waals surface area contributed by atoms with Crippen molar-refractivity contribution in [1.29, 1.82) is 0 Å². The minimum Gasteiger partial charge on any atom is -0.491 e. The lowest BCUT2D eigenvalue weighted by molar-refractivity contribution is 0.302. The number of ether oxygens (including phenoxy) is 1. The summed E-state index contributed by atoms with van der Waals surface area (Å²) in [5.41, 5.74) is 7.23. The Morgan fingerprint density at radius 2 is 2.00 bits per heavy atom. The van der Waals surface area contributed by atoms with Gasteiger partial charge >= 0.3 is 0 Å². The van der Waals surface area contributed by atoms with Gasteiger partial charge in [0.2, 0.25) is 0 Å². The summed E-state index contributed by atoms with van der Waals surface area (Å²) in [7, 11) is 0. The third kappa shape index (κ3) is 3.37. The maximum absolute atomic E-state index is 11.8. The Morgan fingerprint density at radius 3 is 2.79 bits per heavy atom. The lowest BCUT2D eigenvalue weighted by Gasteiger charge is -2.09. The first kappa shape index (κ1) is 13.2. The van der Waals surface area contributed by atoms with Gasteiger partial charge in [0.1, 0.15) is 5.75 Å². The van der Waals surface area contributed by atoms with E-state index in [1.54, 1.807) is 16.8 Å². The van der Waals surface area contributed by atoms with Gasteiger partial charge in [-0.3, -0.25) is 4.79 Å². The lowest BCUT2D eigenvalue weighted by atomic mass is 10.3. The zero-order valence-corrected chi connectivity index (χ0v) is 11.0. The second kappa shape index (κ2) is 6.09. The van der Waals surface area contributed by atoms with Crippen molar-refractivity contribution in [3.05, 3.63) is 58.5 Å². The highest BCUT2D eigenvalue weighted by molar-refractivity contribution is 5.51. The van der Waals surface area contributed by atoms with Crippen molar-refractivity contribution in [2.75, 3.05) is 12.3 Å². The number of benzene rings is 1. The molecule has 0 bridgehead atoms. The fourth-order valence-electron chi connectivity index (χ4n) is 1.86. The number of rotatable bonds is 5. The van der Waals surface area contributed by atoms with Gasteiger partial charge in [-0.2, -0.15) is 0 Å². The maximum atomic E-state index is 11.8. The molecule has 4 nitrogen and oxygen atoms in total. The number of nitrogens with two attached hydrogens (primary N) is 1. The summed E-state index contributed by atoms with van der Waals surface area (Å²) >= 11 is 0. The molecule has 2 aromatic rings. The quantitative estimate of drug-likeness (QED) is 0.660. The molecule has 0 atom stereocenters. The van der Waals surface area contributed by atoms with E-state index in [-0.39, 0.29) is 5.56 Å². The predicted molar refractivity (Wildman–Crippen MR) is 76.4 cm³/mol. The van der Waals surface area contributed by atoms with Gasteiger partial charge in [0.25, 0.3) is 5.56 Å². The molecule has 100 valence electrons. The molecule has 1 aromatic heterocycles. The van der Waals surface area contributed by atoms with Crippen molar-refractivity contribution in [1.82, 2.24) is 4.57 Å². The number of hydrogen-bond donors (Lipinski definition) is 1. The average molecular weight is 258 g/mol. The van der Waals surface area contributed by atoms with Gasteiger partial charge < -0.3 is 15.0 Å². The van der Waals surface area contributed by atoms with E-state index in [0.717, 1.165) is 12.0 Å². The van der Waals surface area contributed by atoms with Gasteiger partial charge in [0.05, 0.1) is 12.3 Å². The summed E-state index contributed by atoms with van der Waals surface area (Å²) < 4.78 is 7.29. The molecule has 1 heterocycles.